The van der Waals surface area contributed by atoms with Crippen molar-refractivity contribution in [1.82, 2.24) is 0 Å². The number of aliphatic hydroxyl groups excluding tert-OH is 2. The Balaban J connectivity index is 3.59. The normalized spacial score (nSPS) is 13.2. The molecule has 0 unspecified atom stereocenters. The van der Waals surface area contributed by atoms with Gasteiger partial charge in [-0.15, -0.1) is 5.73 Å². The predicted molar refractivity (Wildman–Crippen MR) is 88.8 cm³/mol. The lowest BCUT2D eigenvalue weighted by Crippen LogP contribution is -2.23. The van der Waals surface area contributed by atoms with E-state index in [0.29, 0.717) is 6.42 Å². The molecule has 0 spiro atoms. The van der Waals surface area contributed by atoms with Crippen molar-refractivity contribution in [3.8, 4) is 0 Å². The largest absolute Gasteiger partial charge is 0.481 e. The first kappa shape index (κ1) is 20.9. The second-order valence-corrected chi connectivity index (χ2v) is 5.79. The van der Waals surface area contributed by atoms with Crippen molar-refractivity contribution in [2.75, 3.05) is 0 Å². The van der Waals surface area contributed by atoms with Crippen LogP contribution in [0.1, 0.15) is 77.6 Å². The van der Waals surface area contributed by atoms with E-state index in [1.165, 1.54) is 6.08 Å². The van der Waals surface area contributed by atoms with Gasteiger partial charge in [0.2, 0.25) is 0 Å². The highest BCUT2D eigenvalue weighted by Gasteiger charge is 2.11. The molecule has 0 bridgehead atoms. The average molecular weight is 312 g/mol. The zero-order chi connectivity index (χ0) is 16.6. The second-order valence-electron chi connectivity index (χ2n) is 5.79. The fourth-order valence-electron chi connectivity index (χ4n) is 2.19. The summed E-state index contributed by atoms with van der Waals surface area (Å²) in [5.74, 6) is -0.719. The second kappa shape index (κ2) is 14.8. The summed E-state index contributed by atoms with van der Waals surface area (Å²) in [6.07, 6.45) is 11.7. The molecule has 0 saturated carbocycles. The third-order valence-electron chi connectivity index (χ3n) is 3.62. The Kier molecular flexibility index (Phi) is 14.1. The predicted octanol–water partition coefficient (Wildman–Crippen LogP) is 3.82. The Hall–Kier alpha value is -1.09. The molecule has 2 atom stereocenters. The van der Waals surface area contributed by atoms with Gasteiger partial charge in [-0.1, -0.05) is 45.4 Å². The van der Waals surface area contributed by atoms with Crippen molar-refractivity contribution in [2.24, 2.45) is 0 Å². The Bertz CT molecular complexity index is 332. The molecule has 4 heteroatoms. The number of aliphatic carboxylic acids is 1. The summed E-state index contributed by atoms with van der Waals surface area (Å²) in [5.41, 5.74) is 2.94. The summed E-state index contributed by atoms with van der Waals surface area (Å²) < 4.78 is 0. The van der Waals surface area contributed by atoms with E-state index in [0.717, 1.165) is 57.8 Å². The van der Waals surface area contributed by atoms with Gasteiger partial charge in [-0.25, -0.2) is 0 Å². The van der Waals surface area contributed by atoms with Gasteiger partial charge in [-0.2, -0.15) is 0 Å². The summed E-state index contributed by atoms with van der Waals surface area (Å²) in [7, 11) is 0. The van der Waals surface area contributed by atoms with Crippen molar-refractivity contribution in [3.05, 3.63) is 17.9 Å². The molecule has 0 fully saturated rings. The number of hydrogen-bond acceptors (Lipinski definition) is 3. The van der Waals surface area contributed by atoms with Gasteiger partial charge in [0.1, 0.15) is 6.10 Å². The number of carboxylic acids is 1. The van der Waals surface area contributed by atoms with E-state index >= 15 is 0 Å². The third kappa shape index (κ3) is 13.9. The Morgan fingerprint density at radius 1 is 1.05 bits per heavy atom. The van der Waals surface area contributed by atoms with Crippen LogP contribution in [0.2, 0.25) is 0 Å². The van der Waals surface area contributed by atoms with E-state index in [1.807, 2.05) is 6.08 Å². The van der Waals surface area contributed by atoms with Crippen LogP contribution in [0.5, 0.6) is 0 Å². The standard InChI is InChI=1S/C18H32O4/c1-2-3-10-13-16(19)17(20)14-11-8-6-4-5-7-9-12-15-18(21)22/h8,14,16-17,19-20H,2-7,9-10,12-13,15H2,1H3,(H,21,22)/t11?,16-,17+/m0/s1. The number of rotatable bonds is 14. The van der Waals surface area contributed by atoms with E-state index < -0.39 is 18.2 Å². The van der Waals surface area contributed by atoms with E-state index in [9.17, 15) is 15.0 Å². The maximum Gasteiger partial charge on any atom is 0.303 e. The molecule has 3 N–H and O–H groups in total. The van der Waals surface area contributed by atoms with E-state index in [-0.39, 0.29) is 6.42 Å². The van der Waals surface area contributed by atoms with Gasteiger partial charge in [0.15, 0.2) is 0 Å². The van der Waals surface area contributed by atoms with Crippen LogP contribution in [0.4, 0.5) is 0 Å². The molecule has 0 aromatic heterocycles. The molecular formula is C18H32O4. The van der Waals surface area contributed by atoms with Crippen LogP contribution in [0.15, 0.2) is 17.9 Å². The summed E-state index contributed by atoms with van der Waals surface area (Å²) >= 11 is 0. The SMILES string of the molecule is CCCCC[C@H](O)[C@H](O)C=C=CCCCCCCCC(=O)O. The van der Waals surface area contributed by atoms with Gasteiger partial charge in [0.25, 0.3) is 0 Å². The Labute approximate surface area is 134 Å². The zero-order valence-corrected chi connectivity index (χ0v) is 13.8. The molecular weight excluding hydrogens is 280 g/mol. The molecule has 22 heavy (non-hydrogen) atoms. The number of carboxylic acid groups (broad SMARTS) is 1. The molecule has 128 valence electrons. The molecule has 0 amide bonds. The highest BCUT2D eigenvalue weighted by Crippen LogP contribution is 2.09. The van der Waals surface area contributed by atoms with Crippen LogP contribution in [0.25, 0.3) is 0 Å². The van der Waals surface area contributed by atoms with Crippen molar-refractivity contribution < 1.29 is 20.1 Å². The van der Waals surface area contributed by atoms with Crippen LogP contribution in [-0.2, 0) is 4.79 Å². The van der Waals surface area contributed by atoms with Crippen LogP contribution < -0.4 is 0 Å². The van der Waals surface area contributed by atoms with Gasteiger partial charge in [0.05, 0.1) is 6.10 Å². The summed E-state index contributed by atoms with van der Waals surface area (Å²) in [4.78, 5) is 10.3. The molecule has 0 aliphatic heterocycles. The fourth-order valence-corrected chi connectivity index (χ4v) is 2.19. The first-order valence-corrected chi connectivity index (χ1v) is 8.57. The van der Waals surface area contributed by atoms with Crippen LogP contribution in [0.3, 0.4) is 0 Å². The monoisotopic (exact) mass is 312 g/mol. The Morgan fingerprint density at radius 3 is 2.41 bits per heavy atom. The number of carbonyl (C=O) groups is 1. The van der Waals surface area contributed by atoms with Crippen LogP contribution in [0, 0.1) is 0 Å². The van der Waals surface area contributed by atoms with Crippen molar-refractivity contribution in [2.45, 2.75) is 89.8 Å². The highest BCUT2D eigenvalue weighted by atomic mass is 16.4. The smallest absolute Gasteiger partial charge is 0.303 e. The van der Waals surface area contributed by atoms with Crippen LogP contribution in [-0.4, -0.2) is 33.5 Å². The molecule has 0 aromatic carbocycles. The number of hydrogen-bond donors (Lipinski definition) is 3. The molecule has 0 rings (SSSR count). The molecule has 0 aromatic rings. The molecule has 0 saturated heterocycles. The maximum absolute atomic E-state index is 10.3. The minimum absolute atomic E-state index is 0.265. The van der Waals surface area contributed by atoms with Gasteiger partial charge < -0.3 is 15.3 Å². The summed E-state index contributed by atoms with van der Waals surface area (Å²) in [6, 6.07) is 0. The van der Waals surface area contributed by atoms with Gasteiger partial charge in [-0.05, 0) is 37.8 Å². The highest BCUT2D eigenvalue weighted by molar-refractivity contribution is 5.66. The number of unbranched alkanes of at least 4 members (excludes halogenated alkanes) is 7. The van der Waals surface area contributed by atoms with Gasteiger partial charge in [-0.3, -0.25) is 4.79 Å². The minimum atomic E-state index is -0.830. The summed E-state index contributed by atoms with van der Waals surface area (Å²) in [5, 5.41) is 28.0. The number of aliphatic hydroxyl groups is 2. The minimum Gasteiger partial charge on any atom is -0.481 e. The summed E-state index contributed by atoms with van der Waals surface area (Å²) in [6.45, 7) is 2.11. The zero-order valence-electron chi connectivity index (χ0n) is 13.8. The van der Waals surface area contributed by atoms with Crippen molar-refractivity contribution in [3.63, 3.8) is 0 Å². The first-order chi connectivity index (χ1) is 10.6. The van der Waals surface area contributed by atoms with E-state index in [4.69, 9.17) is 5.11 Å². The van der Waals surface area contributed by atoms with E-state index in [2.05, 4.69) is 12.7 Å². The van der Waals surface area contributed by atoms with Gasteiger partial charge in [0, 0.05) is 6.42 Å². The quantitative estimate of drug-likeness (QED) is 0.336. The molecule has 4 nitrogen and oxygen atoms in total. The lowest BCUT2D eigenvalue weighted by atomic mass is 10.1. The lowest BCUT2D eigenvalue weighted by molar-refractivity contribution is -0.137. The topological polar surface area (TPSA) is 77.8 Å². The fraction of sp³-hybridized carbons (Fsp3) is 0.778. The van der Waals surface area contributed by atoms with Crippen molar-refractivity contribution in [1.29, 1.82) is 0 Å². The molecule has 0 heterocycles. The molecule has 0 aliphatic rings. The van der Waals surface area contributed by atoms with Gasteiger partial charge >= 0.3 is 5.97 Å². The van der Waals surface area contributed by atoms with Crippen molar-refractivity contribution >= 4 is 5.97 Å². The average Bonchev–Trinajstić information content (AvgIpc) is 2.48. The lowest BCUT2D eigenvalue weighted by Gasteiger charge is -2.12. The third-order valence-corrected chi connectivity index (χ3v) is 3.62. The first-order valence-electron chi connectivity index (χ1n) is 8.57. The van der Waals surface area contributed by atoms with Crippen LogP contribution >= 0.6 is 0 Å². The van der Waals surface area contributed by atoms with E-state index in [1.54, 1.807) is 0 Å². The molecule has 0 aliphatic carbocycles. The molecule has 0 radical (unpaired) electrons. The maximum atomic E-state index is 10.3. The Morgan fingerprint density at radius 2 is 1.73 bits per heavy atom.